The third-order valence-corrected chi connectivity index (χ3v) is 4.21. The van der Waals surface area contributed by atoms with Crippen molar-refractivity contribution < 1.29 is 19.2 Å². The second-order valence-electron chi connectivity index (χ2n) is 6.78. The summed E-state index contributed by atoms with van der Waals surface area (Å²) in [7, 11) is 0. The van der Waals surface area contributed by atoms with Gasteiger partial charge >= 0.3 is 0 Å². The molecule has 0 atom stereocenters. The fourth-order valence-corrected chi connectivity index (χ4v) is 2.92. The van der Waals surface area contributed by atoms with Crippen LogP contribution in [0.5, 0.6) is 11.5 Å². The number of nitro benzene ring substituents is 1. The van der Waals surface area contributed by atoms with Crippen LogP contribution < -0.4 is 14.8 Å². The number of nitriles is 1. The van der Waals surface area contributed by atoms with E-state index < -0.39 is 10.8 Å². The highest BCUT2D eigenvalue weighted by Gasteiger charge is 2.16. The van der Waals surface area contributed by atoms with Gasteiger partial charge in [0.1, 0.15) is 18.2 Å². The molecule has 0 spiro atoms. The Morgan fingerprint density at radius 3 is 2.68 bits per heavy atom. The van der Waals surface area contributed by atoms with Crippen LogP contribution in [0.1, 0.15) is 31.9 Å². The van der Waals surface area contributed by atoms with Crippen molar-refractivity contribution in [2.75, 3.05) is 6.61 Å². The average molecular weight is 444 g/mol. The molecule has 0 bridgehead atoms. The van der Waals surface area contributed by atoms with Gasteiger partial charge in [0, 0.05) is 18.2 Å². The molecule has 31 heavy (non-hydrogen) atoms. The van der Waals surface area contributed by atoms with Gasteiger partial charge in [-0.3, -0.25) is 14.9 Å². The molecule has 0 saturated heterocycles. The van der Waals surface area contributed by atoms with Crippen LogP contribution in [-0.4, -0.2) is 23.5 Å². The highest BCUT2D eigenvalue weighted by molar-refractivity contribution is 6.32. The monoisotopic (exact) mass is 443 g/mol. The number of carbonyl (C=O) groups is 1. The molecule has 1 N–H and O–H groups in total. The zero-order valence-electron chi connectivity index (χ0n) is 17.3. The Morgan fingerprint density at radius 2 is 2.06 bits per heavy atom. The summed E-state index contributed by atoms with van der Waals surface area (Å²) >= 11 is 6.38. The van der Waals surface area contributed by atoms with Crippen LogP contribution in [0.15, 0.2) is 42.0 Å². The number of ether oxygens (including phenoxy) is 2. The Balaban J connectivity index is 2.32. The molecule has 0 aliphatic carbocycles. The number of nitrogens with one attached hydrogen (secondary N) is 1. The molecule has 0 fully saturated rings. The maximum atomic E-state index is 12.1. The first-order chi connectivity index (χ1) is 14.7. The summed E-state index contributed by atoms with van der Waals surface area (Å²) in [5, 5.41) is 23.1. The van der Waals surface area contributed by atoms with E-state index in [9.17, 15) is 20.2 Å². The van der Waals surface area contributed by atoms with Gasteiger partial charge in [0.15, 0.2) is 11.5 Å². The van der Waals surface area contributed by atoms with Crippen molar-refractivity contribution in [3.63, 3.8) is 0 Å². The molecule has 162 valence electrons. The van der Waals surface area contributed by atoms with Crippen LogP contribution in [0.3, 0.4) is 0 Å². The fraction of sp³-hybridized carbons (Fsp3) is 0.273. The van der Waals surface area contributed by atoms with Gasteiger partial charge in [-0.05, 0) is 50.1 Å². The van der Waals surface area contributed by atoms with Gasteiger partial charge < -0.3 is 14.8 Å². The molecule has 0 aliphatic heterocycles. The zero-order chi connectivity index (χ0) is 23.0. The third kappa shape index (κ3) is 6.73. The number of hydrogen-bond donors (Lipinski definition) is 1. The van der Waals surface area contributed by atoms with Crippen LogP contribution in [0.4, 0.5) is 5.69 Å². The summed E-state index contributed by atoms with van der Waals surface area (Å²) in [4.78, 5) is 22.6. The Bertz CT molecular complexity index is 1040. The summed E-state index contributed by atoms with van der Waals surface area (Å²) in [6.07, 6.45) is 1.41. The van der Waals surface area contributed by atoms with Gasteiger partial charge in [-0.15, -0.1) is 0 Å². The summed E-state index contributed by atoms with van der Waals surface area (Å²) in [6.45, 7) is 5.75. The second-order valence-corrected chi connectivity index (χ2v) is 7.18. The largest absolute Gasteiger partial charge is 0.490 e. The van der Waals surface area contributed by atoms with Gasteiger partial charge in [0.2, 0.25) is 0 Å². The van der Waals surface area contributed by atoms with Crippen LogP contribution in [0, 0.1) is 21.4 Å². The number of amides is 1. The predicted molar refractivity (Wildman–Crippen MR) is 117 cm³/mol. The van der Waals surface area contributed by atoms with E-state index in [1.165, 1.54) is 18.2 Å². The lowest BCUT2D eigenvalue weighted by molar-refractivity contribution is -0.384. The highest BCUT2D eigenvalue weighted by atomic mass is 35.5. The van der Waals surface area contributed by atoms with Crippen molar-refractivity contribution >= 4 is 29.3 Å². The average Bonchev–Trinajstić information content (AvgIpc) is 2.71. The summed E-state index contributed by atoms with van der Waals surface area (Å²) in [5.74, 6) is 0.100. The van der Waals surface area contributed by atoms with E-state index in [0.29, 0.717) is 23.5 Å². The molecule has 2 aromatic rings. The number of nitrogens with zero attached hydrogens (tertiary/aromatic N) is 2. The Kier molecular flexibility index (Phi) is 8.41. The number of hydrogen-bond acceptors (Lipinski definition) is 6. The molecule has 1 amide bonds. The summed E-state index contributed by atoms with van der Waals surface area (Å²) in [5.41, 5.74) is 0.972. The van der Waals surface area contributed by atoms with Crippen LogP contribution >= 0.6 is 11.6 Å². The lowest BCUT2D eigenvalue weighted by Crippen LogP contribution is -2.30. The second kappa shape index (κ2) is 11.0. The van der Waals surface area contributed by atoms with E-state index >= 15 is 0 Å². The topological polar surface area (TPSA) is 114 Å². The molecule has 0 unspecified atom stereocenters. The molecule has 2 rings (SSSR count). The van der Waals surface area contributed by atoms with Crippen molar-refractivity contribution in [3.8, 4) is 17.6 Å². The van der Waals surface area contributed by atoms with Crippen LogP contribution in [0.25, 0.3) is 6.08 Å². The van der Waals surface area contributed by atoms with E-state index in [4.69, 9.17) is 21.1 Å². The molecule has 0 radical (unpaired) electrons. The smallest absolute Gasteiger partial charge is 0.269 e. The molecule has 0 aromatic heterocycles. The Hall–Kier alpha value is -3.57. The first-order valence-electron chi connectivity index (χ1n) is 9.50. The minimum Gasteiger partial charge on any atom is -0.490 e. The van der Waals surface area contributed by atoms with Crippen molar-refractivity contribution in [1.29, 1.82) is 5.26 Å². The van der Waals surface area contributed by atoms with E-state index in [2.05, 4.69) is 5.32 Å². The number of halogens is 1. The first-order valence-corrected chi connectivity index (χ1v) is 9.88. The first kappa shape index (κ1) is 23.7. The number of non-ortho nitro benzene ring substituents is 1. The van der Waals surface area contributed by atoms with Crippen LogP contribution in [0.2, 0.25) is 5.02 Å². The van der Waals surface area contributed by atoms with Gasteiger partial charge in [-0.1, -0.05) is 23.7 Å². The summed E-state index contributed by atoms with van der Waals surface area (Å²) in [6, 6.07) is 11.0. The maximum Gasteiger partial charge on any atom is 0.269 e. The molecule has 8 nitrogen and oxygen atoms in total. The number of carbonyl (C=O) groups excluding carboxylic acids is 1. The standard InChI is InChI=1S/C22H22ClN3O5/c1-4-30-20-11-16(8-17(12-24)22(27)25-14(2)3)10-19(23)21(20)31-13-15-6-5-7-18(9-15)26(28)29/h5-11,14H,4,13H2,1-3H3,(H,25,27)/b17-8-. The molecule has 2 aromatic carbocycles. The SMILES string of the molecule is CCOc1cc(/C=C(/C#N)C(=O)NC(C)C)cc(Cl)c1OCc1cccc([N+](=O)[O-])c1. The highest BCUT2D eigenvalue weighted by Crippen LogP contribution is 2.38. The zero-order valence-corrected chi connectivity index (χ0v) is 18.1. The molecular weight excluding hydrogens is 422 g/mol. The quantitative estimate of drug-likeness (QED) is 0.261. The minimum atomic E-state index is -0.488. The maximum absolute atomic E-state index is 12.1. The van der Waals surface area contributed by atoms with E-state index in [0.717, 1.165) is 0 Å². The fourth-order valence-electron chi connectivity index (χ4n) is 2.64. The molecule has 9 heteroatoms. The summed E-state index contributed by atoms with van der Waals surface area (Å²) < 4.78 is 11.4. The van der Waals surface area contributed by atoms with Crippen molar-refractivity contribution in [2.24, 2.45) is 0 Å². The molecule has 0 saturated carbocycles. The molecule has 0 heterocycles. The number of rotatable bonds is 9. The lowest BCUT2D eigenvalue weighted by atomic mass is 10.1. The van der Waals surface area contributed by atoms with E-state index in [1.807, 2.05) is 6.07 Å². The van der Waals surface area contributed by atoms with Gasteiger partial charge in [-0.25, -0.2) is 0 Å². The van der Waals surface area contributed by atoms with Gasteiger partial charge in [0.05, 0.1) is 16.6 Å². The number of benzene rings is 2. The van der Waals surface area contributed by atoms with Gasteiger partial charge in [0.25, 0.3) is 11.6 Å². The van der Waals surface area contributed by atoms with E-state index in [-0.39, 0.29) is 34.7 Å². The van der Waals surface area contributed by atoms with Gasteiger partial charge in [-0.2, -0.15) is 5.26 Å². The lowest BCUT2D eigenvalue weighted by Gasteiger charge is -2.15. The van der Waals surface area contributed by atoms with Crippen molar-refractivity contribution in [3.05, 3.63) is 68.2 Å². The van der Waals surface area contributed by atoms with Crippen molar-refractivity contribution in [1.82, 2.24) is 5.32 Å². The normalized spacial score (nSPS) is 11.0. The predicted octanol–water partition coefficient (Wildman–Crippen LogP) is 4.66. The molecule has 0 aliphatic rings. The Labute approximate surface area is 185 Å². The van der Waals surface area contributed by atoms with E-state index in [1.54, 1.807) is 45.0 Å². The van der Waals surface area contributed by atoms with Crippen LogP contribution in [-0.2, 0) is 11.4 Å². The van der Waals surface area contributed by atoms with Crippen molar-refractivity contribution in [2.45, 2.75) is 33.4 Å². The molecular formula is C22H22ClN3O5. The number of nitro groups is 1. The third-order valence-electron chi connectivity index (χ3n) is 3.93. The minimum absolute atomic E-state index is 0.0386. The Morgan fingerprint density at radius 1 is 1.32 bits per heavy atom.